The van der Waals surface area contributed by atoms with E-state index in [0.717, 1.165) is 6.07 Å². The molecule has 1 aliphatic heterocycles. The minimum absolute atomic E-state index is 0.181. The lowest BCUT2D eigenvalue weighted by Crippen LogP contribution is -2.19. The predicted molar refractivity (Wildman–Crippen MR) is 65.4 cm³/mol. The quantitative estimate of drug-likeness (QED) is 0.486. The fourth-order valence-electron chi connectivity index (χ4n) is 1.72. The van der Waals surface area contributed by atoms with Crippen LogP contribution >= 0.6 is 0 Å². The number of hydrogen-bond donors (Lipinski definition) is 1. The highest BCUT2D eigenvalue weighted by Crippen LogP contribution is 2.37. The molecule has 0 aromatic heterocycles. The van der Waals surface area contributed by atoms with Crippen molar-refractivity contribution in [2.75, 3.05) is 25.0 Å². The van der Waals surface area contributed by atoms with E-state index in [1.54, 1.807) is 4.90 Å². The van der Waals surface area contributed by atoms with Gasteiger partial charge in [-0.2, -0.15) is 0 Å². The van der Waals surface area contributed by atoms with Gasteiger partial charge in [0, 0.05) is 20.1 Å². The van der Waals surface area contributed by atoms with Crippen LogP contribution in [0.15, 0.2) is 12.1 Å². The molecule has 0 aliphatic carbocycles. The summed E-state index contributed by atoms with van der Waals surface area (Å²) in [6.45, 7) is 1.26. The van der Waals surface area contributed by atoms with Gasteiger partial charge in [-0.1, -0.05) is 0 Å². The number of carbonyl (C=O) groups excluding carboxylic acids is 1. The van der Waals surface area contributed by atoms with E-state index in [9.17, 15) is 25.0 Å². The lowest BCUT2D eigenvalue weighted by molar-refractivity contribution is -0.393. The smallest absolute Gasteiger partial charge is 0.299 e. The molecule has 1 fully saturated rings. The summed E-state index contributed by atoms with van der Waals surface area (Å²) in [5.74, 6) is -0.648. The highest BCUT2D eigenvalue weighted by molar-refractivity contribution is 6.00. The number of anilines is 1. The number of nitrogens with zero attached hydrogens (tertiary/aromatic N) is 3. The van der Waals surface area contributed by atoms with E-state index in [0.29, 0.717) is 13.1 Å². The van der Waals surface area contributed by atoms with Crippen molar-refractivity contribution in [3.8, 4) is 0 Å². The molecule has 9 nitrogen and oxygen atoms in total. The zero-order valence-electron chi connectivity index (χ0n) is 9.95. The minimum Gasteiger partial charge on any atom is -0.362 e. The maximum absolute atomic E-state index is 11.6. The Bertz CT molecular complexity index is 582. The summed E-state index contributed by atoms with van der Waals surface area (Å²) in [5.41, 5.74) is -0.886. The Kier molecular flexibility index (Phi) is 3.03. The van der Waals surface area contributed by atoms with Gasteiger partial charge in [-0.05, 0) is 6.07 Å². The van der Waals surface area contributed by atoms with Gasteiger partial charge in [0.05, 0.1) is 15.9 Å². The Morgan fingerprint density at radius 1 is 1.21 bits per heavy atom. The third-order valence-corrected chi connectivity index (χ3v) is 2.75. The summed E-state index contributed by atoms with van der Waals surface area (Å²) >= 11 is 0. The lowest BCUT2D eigenvalue weighted by Gasteiger charge is -2.07. The van der Waals surface area contributed by atoms with Gasteiger partial charge in [0.1, 0.15) is 11.3 Å². The maximum atomic E-state index is 11.6. The first kappa shape index (κ1) is 12.7. The Labute approximate surface area is 107 Å². The molecule has 0 atom stereocenters. The molecule has 0 unspecified atom stereocenters. The monoisotopic (exact) mass is 266 g/mol. The van der Waals surface area contributed by atoms with E-state index < -0.39 is 21.4 Å². The zero-order valence-corrected chi connectivity index (χ0v) is 9.95. The Balaban J connectivity index is 2.65. The van der Waals surface area contributed by atoms with Crippen molar-refractivity contribution in [2.24, 2.45) is 0 Å². The molecule has 1 aliphatic rings. The van der Waals surface area contributed by atoms with Gasteiger partial charge in [-0.15, -0.1) is 0 Å². The minimum atomic E-state index is -0.802. The van der Waals surface area contributed by atoms with Gasteiger partial charge >= 0.3 is 0 Å². The largest absolute Gasteiger partial charge is 0.362 e. The molecular formula is C10H10N4O5. The first-order chi connectivity index (χ1) is 8.95. The molecular weight excluding hydrogens is 256 g/mol. The number of rotatable bonds is 4. The van der Waals surface area contributed by atoms with Gasteiger partial charge in [-0.25, -0.2) is 0 Å². The van der Waals surface area contributed by atoms with Crippen LogP contribution < -0.4 is 10.2 Å². The molecule has 100 valence electrons. The Morgan fingerprint density at radius 2 is 1.79 bits per heavy atom. The van der Waals surface area contributed by atoms with E-state index in [4.69, 9.17) is 0 Å². The number of nitro groups is 2. The van der Waals surface area contributed by atoms with E-state index in [1.807, 2.05) is 0 Å². The van der Waals surface area contributed by atoms with Crippen LogP contribution in [0, 0.1) is 20.2 Å². The van der Waals surface area contributed by atoms with Crippen molar-refractivity contribution in [3.63, 3.8) is 0 Å². The first-order valence-electron chi connectivity index (χ1n) is 5.39. The third-order valence-electron chi connectivity index (χ3n) is 2.75. The standard InChI is InChI=1S/C10H10N4O5/c1-11-10(15)6-4-8(12-2-3-12)9(14(18)19)5-7(6)13(16)17/h4-5H,2-3H2,1H3,(H,11,15). The predicted octanol–water partition coefficient (Wildman–Crippen LogP) is 0.683. The Morgan fingerprint density at radius 3 is 2.21 bits per heavy atom. The number of carbonyl (C=O) groups is 1. The van der Waals surface area contributed by atoms with Gasteiger partial charge < -0.3 is 10.2 Å². The summed E-state index contributed by atoms with van der Waals surface area (Å²) in [7, 11) is 1.34. The molecule has 19 heavy (non-hydrogen) atoms. The number of nitrogens with one attached hydrogen (secondary N) is 1. The zero-order chi connectivity index (χ0) is 14.2. The van der Waals surface area contributed by atoms with Crippen LogP contribution in [0.1, 0.15) is 10.4 Å². The second kappa shape index (κ2) is 4.52. The summed E-state index contributed by atoms with van der Waals surface area (Å²) in [4.78, 5) is 33.6. The molecule has 0 radical (unpaired) electrons. The van der Waals surface area contributed by atoms with Gasteiger partial charge in [0.2, 0.25) is 0 Å². The van der Waals surface area contributed by atoms with E-state index >= 15 is 0 Å². The molecule has 0 bridgehead atoms. The molecule has 9 heteroatoms. The van der Waals surface area contributed by atoms with Crippen LogP contribution in [-0.4, -0.2) is 35.9 Å². The molecule has 1 saturated heterocycles. The average molecular weight is 266 g/mol. The summed E-state index contributed by atoms with van der Waals surface area (Å²) in [5, 5.41) is 24.1. The first-order valence-corrected chi connectivity index (χ1v) is 5.39. The summed E-state index contributed by atoms with van der Waals surface area (Å²) < 4.78 is 0. The summed E-state index contributed by atoms with van der Waals surface area (Å²) in [6, 6.07) is 2.03. The fourth-order valence-corrected chi connectivity index (χ4v) is 1.72. The normalized spacial score (nSPS) is 13.0. The van der Waals surface area contributed by atoms with Crippen molar-refractivity contribution in [2.45, 2.75) is 0 Å². The van der Waals surface area contributed by atoms with Crippen molar-refractivity contribution in [1.82, 2.24) is 5.32 Å². The SMILES string of the molecule is CNC(=O)c1cc(N2CC2)c([N+](=O)[O-])cc1[N+](=O)[O-]. The molecule has 1 aromatic carbocycles. The lowest BCUT2D eigenvalue weighted by atomic mass is 10.1. The van der Waals surface area contributed by atoms with Crippen molar-refractivity contribution < 1.29 is 14.6 Å². The van der Waals surface area contributed by atoms with E-state index in [2.05, 4.69) is 5.32 Å². The molecule has 1 amide bonds. The topological polar surface area (TPSA) is 118 Å². The average Bonchev–Trinajstić information content (AvgIpc) is 3.20. The summed E-state index contributed by atoms with van der Waals surface area (Å²) in [6.07, 6.45) is 0. The Hall–Kier alpha value is -2.71. The molecule has 1 heterocycles. The van der Waals surface area contributed by atoms with Crippen LogP contribution in [-0.2, 0) is 0 Å². The third kappa shape index (κ3) is 2.30. The maximum Gasteiger partial charge on any atom is 0.299 e. The van der Waals surface area contributed by atoms with Crippen molar-refractivity contribution in [1.29, 1.82) is 0 Å². The van der Waals surface area contributed by atoms with E-state index in [1.165, 1.54) is 13.1 Å². The fraction of sp³-hybridized carbons (Fsp3) is 0.300. The van der Waals surface area contributed by atoms with Crippen LogP contribution in [0.3, 0.4) is 0 Å². The molecule has 2 rings (SSSR count). The van der Waals surface area contributed by atoms with Crippen LogP contribution in [0.2, 0.25) is 0 Å². The van der Waals surface area contributed by atoms with Crippen LogP contribution in [0.25, 0.3) is 0 Å². The van der Waals surface area contributed by atoms with Crippen molar-refractivity contribution >= 4 is 23.0 Å². The second-order valence-electron chi connectivity index (χ2n) is 3.94. The number of nitro benzene ring substituents is 2. The number of hydrogen-bond acceptors (Lipinski definition) is 6. The molecule has 0 saturated carbocycles. The number of benzene rings is 1. The molecule has 1 N–H and O–H groups in total. The second-order valence-corrected chi connectivity index (χ2v) is 3.94. The van der Waals surface area contributed by atoms with Gasteiger partial charge in [-0.3, -0.25) is 25.0 Å². The van der Waals surface area contributed by atoms with Crippen LogP contribution in [0.4, 0.5) is 17.1 Å². The van der Waals surface area contributed by atoms with E-state index in [-0.39, 0.29) is 16.9 Å². The van der Waals surface area contributed by atoms with Gasteiger partial charge in [0.25, 0.3) is 17.3 Å². The highest BCUT2D eigenvalue weighted by atomic mass is 16.6. The molecule has 0 spiro atoms. The van der Waals surface area contributed by atoms with Gasteiger partial charge in [0.15, 0.2) is 0 Å². The van der Waals surface area contributed by atoms with Crippen molar-refractivity contribution in [3.05, 3.63) is 37.9 Å². The molecule has 1 aromatic rings. The van der Waals surface area contributed by atoms with Crippen LogP contribution in [0.5, 0.6) is 0 Å². The highest BCUT2D eigenvalue weighted by Gasteiger charge is 2.33. The number of amides is 1.